The molecule has 6 nitrogen and oxygen atoms in total. The zero-order chi connectivity index (χ0) is 20.1. The number of piperidine rings is 1. The summed E-state index contributed by atoms with van der Waals surface area (Å²) in [7, 11) is 3.62. The number of furan rings is 1. The van der Waals surface area contributed by atoms with Crippen LogP contribution in [0, 0.1) is 11.7 Å². The minimum Gasteiger partial charge on any atom is -0.467 e. The Hall–Kier alpha value is -2.67. The van der Waals surface area contributed by atoms with Crippen molar-refractivity contribution in [3.8, 4) is 0 Å². The van der Waals surface area contributed by atoms with Gasteiger partial charge in [-0.1, -0.05) is 12.1 Å². The summed E-state index contributed by atoms with van der Waals surface area (Å²) in [6.07, 6.45) is 2.80. The topological polar surface area (TPSA) is 65.8 Å². The van der Waals surface area contributed by atoms with Gasteiger partial charge in [-0.2, -0.15) is 0 Å². The molecule has 1 fully saturated rings. The van der Waals surface area contributed by atoms with Gasteiger partial charge in [0.05, 0.1) is 12.8 Å². The third-order valence-electron chi connectivity index (χ3n) is 5.11. The maximum absolute atomic E-state index is 13.6. The van der Waals surface area contributed by atoms with Crippen LogP contribution in [0.25, 0.3) is 0 Å². The molecule has 150 valence electrons. The summed E-state index contributed by atoms with van der Waals surface area (Å²) >= 11 is 0. The summed E-state index contributed by atoms with van der Waals surface area (Å²) in [6, 6.07) is 9.20. The Morgan fingerprint density at radius 3 is 2.61 bits per heavy atom. The highest BCUT2D eigenvalue weighted by atomic mass is 19.1. The first-order valence-corrected chi connectivity index (χ1v) is 9.46. The molecule has 1 N–H and O–H groups in total. The van der Waals surface area contributed by atoms with Crippen molar-refractivity contribution in [3.63, 3.8) is 0 Å². The first-order chi connectivity index (χ1) is 13.5. The average molecular weight is 387 g/mol. The first-order valence-electron chi connectivity index (χ1n) is 9.46. The van der Waals surface area contributed by atoms with Gasteiger partial charge in [-0.25, -0.2) is 4.39 Å². The smallest absolute Gasteiger partial charge is 0.244 e. The van der Waals surface area contributed by atoms with Gasteiger partial charge in [-0.15, -0.1) is 0 Å². The van der Waals surface area contributed by atoms with E-state index >= 15 is 0 Å². The van der Waals surface area contributed by atoms with Crippen molar-refractivity contribution >= 4 is 11.8 Å². The summed E-state index contributed by atoms with van der Waals surface area (Å²) in [6.45, 7) is 1.39. The summed E-state index contributed by atoms with van der Waals surface area (Å²) < 4.78 is 18.8. The zero-order valence-corrected chi connectivity index (χ0v) is 16.2. The molecule has 7 heteroatoms. The minimum absolute atomic E-state index is 0.0159. The maximum Gasteiger partial charge on any atom is 0.244 e. The Bertz CT molecular complexity index is 799. The Kier molecular flexibility index (Phi) is 6.46. The molecule has 3 rings (SSSR count). The predicted octanol–water partition coefficient (Wildman–Crippen LogP) is 2.58. The van der Waals surface area contributed by atoms with Crippen molar-refractivity contribution in [1.82, 2.24) is 15.1 Å². The monoisotopic (exact) mass is 387 g/mol. The van der Waals surface area contributed by atoms with Crippen LogP contribution in [-0.4, -0.2) is 48.8 Å². The van der Waals surface area contributed by atoms with Crippen LogP contribution in [0.1, 0.15) is 30.2 Å². The van der Waals surface area contributed by atoms with Crippen molar-refractivity contribution in [1.29, 1.82) is 0 Å². The minimum atomic E-state index is -0.542. The fourth-order valence-electron chi connectivity index (χ4n) is 3.61. The van der Waals surface area contributed by atoms with Crippen molar-refractivity contribution in [2.45, 2.75) is 25.4 Å². The van der Waals surface area contributed by atoms with Crippen LogP contribution in [0.15, 0.2) is 47.1 Å². The normalized spacial score (nSPS) is 16.2. The number of benzene rings is 1. The van der Waals surface area contributed by atoms with Gasteiger partial charge in [0.1, 0.15) is 17.6 Å². The Balaban J connectivity index is 1.56. The van der Waals surface area contributed by atoms with Gasteiger partial charge in [0, 0.05) is 19.0 Å². The van der Waals surface area contributed by atoms with E-state index in [1.807, 2.05) is 20.2 Å². The van der Waals surface area contributed by atoms with Crippen LogP contribution >= 0.6 is 0 Å². The Morgan fingerprint density at radius 1 is 1.25 bits per heavy atom. The van der Waals surface area contributed by atoms with Crippen molar-refractivity contribution in [2.24, 2.45) is 5.92 Å². The number of hydrogen-bond acceptors (Lipinski definition) is 4. The summed E-state index contributed by atoms with van der Waals surface area (Å²) in [4.78, 5) is 29.0. The lowest BCUT2D eigenvalue weighted by atomic mass is 9.94. The number of carbonyl (C=O) groups is 2. The van der Waals surface area contributed by atoms with Gasteiger partial charge in [-0.3, -0.25) is 14.5 Å². The summed E-state index contributed by atoms with van der Waals surface area (Å²) in [5.41, 5.74) is 0.633. The van der Waals surface area contributed by atoms with E-state index in [-0.39, 0.29) is 23.5 Å². The van der Waals surface area contributed by atoms with Crippen LogP contribution < -0.4 is 5.32 Å². The van der Waals surface area contributed by atoms with Gasteiger partial charge in [0.2, 0.25) is 11.8 Å². The Morgan fingerprint density at radius 2 is 2.00 bits per heavy atom. The third-order valence-corrected chi connectivity index (χ3v) is 5.11. The van der Waals surface area contributed by atoms with E-state index in [0.29, 0.717) is 43.8 Å². The second-order valence-electron chi connectivity index (χ2n) is 7.32. The lowest BCUT2D eigenvalue weighted by molar-refractivity contribution is -0.139. The number of nitrogens with one attached hydrogen (secondary N) is 1. The number of likely N-dealkylation sites (N-methyl/N-ethyl adjacent to an activating group) is 1. The number of nitrogens with zero attached hydrogens (tertiary/aromatic N) is 2. The molecule has 2 amide bonds. The lowest BCUT2D eigenvalue weighted by Gasteiger charge is -2.35. The molecular formula is C21H26FN3O3. The molecule has 0 radical (unpaired) electrons. The van der Waals surface area contributed by atoms with Crippen LogP contribution in [0.5, 0.6) is 0 Å². The van der Waals surface area contributed by atoms with Crippen LogP contribution in [0.3, 0.4) is 0 Å². The molecule has 0 bridgehead atoms. The highest BCUT2D eigenvalue weighted by molar-refractivity contribution is 5.84. The van der Waals surface area contributed by atoms with Crippen LogP contribution in [-0.2, 0) is 16.1 Å². The highest BCUT2D eigenvalue weighted by Crippen LogP contribution is 2.25. The van der Waals surface area contributed by atoms with E-state index in [9.17, 15) is 14.0 Å². The van der Waals surface area contributed by atoms with Crippen molar-refractivity contribution in [3.05, 3.63) is 59.8 Å². The first kappa shape index (κ1) is 20.1. The standard InChI is InChI=1S/C21H26FN3O3/c1-24(2)19(16-5-3-6-17(22)13-16)21(27)25-10-8-15(9-11-25)20(26)23-14-18-7-4-12-28-18/h3-7,12-13,15,19H,8-11,14H2,1-2H3,(H,23,26). The molecule has 0 saturated carbocycles. The molecule has 0 spiro atoms. The SMILES string of the molecule is CN(C)C(C(=O)N1CCC(C(=O)NCc2ccco2)CC1)c1cccc(F)c1. The number of amides is 2. The average Bonchev–Trinajstić information content (AvgIpc) is 3.20. The second kappa shape index (κ2) is 9.01. The highest BCUT2D eigenvalue weighted by Gasteiger charge is 2.32. The van der Waals surface area contributed by atoms with E-state index in [1.54, 1.807) is 34.3 Å². The number of halogens is 1. The molecule has 1 atom stereocenters. The molecule has 1 aliphatic heterocycles. The van der Waals surface area contributed by atoms with E-state index in [1.165, 1.54) is 12.1 Å². The van der Waals surface area contributed by atoms with E-state index in [4.69, 9.17) is 4.42 Å². The summed E-state index contributed by atoms with van der Waals surface area (Å²) in [5.74, 6) is 0.155. The molecular weight excluding hydrogens is 361 g/mol. The lowest BCUT2D eigenvalue weighted by Crippen LogP contribution is -2.46. The van der Waals surface area contributed by atoms with E-state index < -0.39 is 6.04 Å². The van der Waals surface area contributed by atoms with Gasteiger partial charge in [0.25, 0.3) is 0 Å². The van der Waals surface area contributed by atoms with Gasteiger partial charge in [0.15, 0.2) is 0 Å². The second-order valence-corrected chi connectivity index (χ2v) is 7.32. The van der Waals surface area contributed by atoms with Crippen molar-refractivity contribution < 1.29 is 18.4 Å². The summed E-state index contributed by atoms with van der Waals surface area (Å²) in [5, 5.41) is 2.89. The molecule has 0 aliphatic carbocycles. The van der Waals surface area contributed by atoms with Crippen LogP contribution in [0.2, 0.25) is 0 Å². The van der Waals surface area contributed by atoms with Gasteiger partial charge in [-0.05, 0) is 56.8 Å². The fourth-order valence-corrected chi connectivity index (χ4v) is 3.61. The fraction of sp³-hybridized carbons (Fsp3) is 0.429. The molecule has 2 aromatic rings. The van der Waals surface area contributed by atoms with E-state index in [2.05, 4.69) is 5.32 Å². The molecule has 1 saturated heterocycles. The molecule has 1 aliphatic rings. The largest absolute Gasteiger partial charge is 0.467 e. The number of rotatable bonds is 6. The molecule has 2 heterocycles. The van der Waals surface area contributed by atoms with Crippen LogP contribution in [0.4, 0.5) is 4.39 Å². The zero-order valence-electron chi connectivity index (χ0n) is 16.2. The quantitative estimate of drug-likeness (QED) is 0.827. The molecule has 1 aromatic heterocycles. The van der Waals surface area contributed by atoms with E-state index in [0.717, 1.165) is 0 Å². The van der Waals surface area contributed by atoms with Gasteiger partial charge >= 0.3 is 0 Å². The number of likely N-dealkylation sites (tertiary alicyclic amines) is 1. The Labute approximate surface area is 164 Å². The van der Waals surface area contributed by atoms with Crippen molar-refractivity contribution in [2.75, 3.05) is 27.2 Å². The molecule has 1 aromatic carbocycles. The third kappa shape index (κ3) is 4.78. The molecule has 1 unspecified atom stereocenters. The maximum atomic E-state index is 13.6. The number of carbonyl (C=O) groups excluding carboxylic acids is 2. The number of hydrogen-bond donors (Lipinski definition) is 1. The van der Waals surface area contributed by atoms with Gasteiger partial charge < -0.3 is 14.6 Å². The predicted molar refractivity (Wildman–Crippen MR) is 103 cm³/mol. The molecule has 28 heavy (non-hydrogen) atoms.